The monoisotopic (exact) mass is 476 g/mol. The topological polar surface area (TPSA) is 76.7 Å². The van der Waals surface area contributed by atoms with Gasteiger partial charge in [-0.1, -0.05) is 35.9 Å². The minimum absolute atomic E-state index is 0.250. The molecular formula is C24H29ClN2O4S. The van der Waals surface area contributed by atoms with Crippen LogP contribution in [0.5, 0.6) is 11.5 Å². The van der Waals surface area contributed by atoms with Gasteiger partial charge in [-0.2, -0.15) is 11.8 Å². The molecule has 2 aromatic rings. The van der Waals surface area contributed by atoms with Crippen LogP contribution >= 0.6 is 23.4 Å². The smallest absolute Gasteiger partial charge is 0.253 e. The van der Waals surface area contributed by atoms with Gasteiger partial charge in [-0.15, -0.1) is 0 Å². The van der Waals surface area contributed by atoms with Gasteiger partial charge in [-0.05, 0) is 50.5 Å². The van der Waals surface area contributed by atoms with Crippen LogP contribution in [0.2, 0.25) is 5.02 Å². The van der Waals surface area contributed by atoms with Crippen molar-refractivity contribution in [2.24, 2.45) is 0 Å². The first-order valence-electron chi connectivity index (χ1n) is 10.6. The molecule has 1 heterocycles. The summed E-state index contributed by atoms with van der Waals surface area (Å²) in [7, 11) is 0. The number of carbonyl (C=O) groups excluding carboxylic acids is 2. The van der Waals surface area contributed by atoms with Gasteiger partial charge in [0.1, 0.15) is 18.2 Å². The summed E-state index contributed by atoms with van der Waals surface area (Å²) in [6, 6.07) is 12.0. The van der Waals surface area contributed by atoms with Crippen molar-refractivity contribution in [2.75, 3.05) is 25.2 Å². The number of ether oxygens (including phenoxy) is 2. The molecule has 0 spiro atoms. The van der Waals surface area contributed by atoms with Crippen molar-refractivity contribution in [1.29, 1.82) is 0 Å². The van der Waals surface area contributed by atoms with Gasteiger partial charge in [-0.25, -0.2) is 0 Å². The Labute approximate surface area is 198 Å². The number of amides is 2. The Morgan fingerprint density at radius 3 is 2.75 bits per heavy atom. The molecule has 1 atom stereocenters. The molecule has 0 aromatic heterocycles. The summed E-state index contributed by atoms with van der Waals surface area (Å²) in [4.78, 5) is 25.3. The summed E-state index contributed by atoms with van der Waals surface area (Å²) < 4.78 is 11.9. The fraction of sp³-hybridized carbons (Fsp3) is 0.417. The molecule has 0 aliphatic carbocycles. The number of hydrogen-bond acceptors (Lipinski definition) is 5. The molecule has 2 aromatic carbocycles. The van der Waals surface area contributed by atoms with Crippen LogP contribution < -0.4 is 20.1 Å². The van der Waals surface area contributed by atoms with E-state index >= 15 is 0 Å². The van der Waals surface area contributed by atoms with Gasteiger partial charge < -0.3 is 20.1 Å². The molecule has 0 saturated carbocycles. The van der Waals surface area contributed by atoms with Crippen molar-refractivity contribution in [3.05, 3.63) is 58.6 Å². The molecule has 172 valence electrons. The van der Waals surface area contributed by atoms with E-state index < -0.39 is 6.04 Å². The highest BCUT2D eigenvalue weighted by Crippen LogP contribution is 2.41. The molecule has 0 saturated heterocycles. The summed E-state index contributed by atoms with van der Waals surface area (Å²) in [5.41, 5.74) is 1.22. The molecule has 0 radical (unpaired) electrons. The molecule has 32 heavy (non-hydrogen) atoms. The Kier molecular flexibility index (Phi) is 8.32. The maximum absolute atomic E-state index is 12.7. The highest BCUT2D eigenvalue weighted by Gasteiger charge is 2.32. The zero-order chi connectivity index (χ0) is 23.1. The molecular weight excluding hydrogens is 448 g/mol. The van der Waals surface area contributed by atoms with E-state index in [2.05, 4.69) is 10.6 Å². The Morgan fingerprint density at radius 1 is 1.22 bits per heavy atom. The van der Waals surface area contributed by atoms with E-state index in [1.54, 1.807) is 36.0 Å². The summed E-state index contributed by atoms with van der Waals surface area (Å²) in [5.74, 6) is 1.56. The Bertz CT molecular complexity index is 967. The summed E-state index contributed by atoms with van der Waals surface area (Å²) in [6.07, 6.45) is 3.30. The highest BCUT2D eigenvalue weighted by molar-refractivity contribution is 7.98. The third-order valence-corrected chi connectivity index (χ3v) is 6.04. The number of thioether (sulfide) groups is 1. The van der Waals surface area contributed by atoms with Crippen molar-refractivity contribution in [2.45, 2.75) is 38.3 Å². The summed E-state index contributed by atoms with van der Waals surface area (Å²) >= 11 is 7.73. The standard InChI is InChI=1S/C24H29ClN2O4S/c1-24(2)15-16-7-6-10-20(21(16)31-24)30-13-12-26-23(29)19(11-14-32-3)27-22(28)17-8-4-5-9-18(17)25/h4-10,19H,11-15H2,1-3H3,(H,26,29)(H,27,28). The zero-order valence-corrected chi connectivity index (χ0v) is 20.1. The maximum Gasteiger partial charge on any atom is 0.253 e. The first-order chi connectivity index (χ1) is 15.3. The Morgan fingerprint density at radius 2 is 2.00 bits per heavy atom. The van der Waals surface area contributed by atoms with E-state index in [4.69, 9.17) is 21.1 Å². The molecule has 3 rings (SSSR count). The van der Waals surface area contributed by atoms with Gasteiger partial charge in [0.15, 0.2) is 11.5 Å². The lowest BCUT2D eigenvalue weighted by Crippen LogP contribution is -2.48. The number of nitrogens with one attached hydrogen (secondary N) is 2. The molecule has 0 bridgehead atoms. The number of rotatable bonds is 10. The molecule has 1 aliphatic rings. The lowest BCUT2D eigenvalue weighted by atomic mass is 10.0. The molecule has 1 aliphatic heterocycles. The van der Waals surface area contributed by atoms with E-state index in [-0.39, 0.29) is 17.4 Å². The molecule has 2 N–H and O–H groups in total. The van der Waals surface area contributed by atoms with Crippen LogP contribution in [0.15, 0.2) is 42.5 Å². The van der Waals surface area contributed by atoms with Crippen molar-refractivity contribution < 1.29 is 19.1 Å². The summed E-state index contributed by atoms with van der Waals surface area (Å²) in [5, 5.41) is 6.01. The first kappa shape index (κ1) is 24.3. The second-order valence-electron chi connectivity index (χ2n) is 8.21. The normalized spacial score (nSPS) is 14.8. The first-order valence-corrected chi connectivity index (χ1v) is 12.3. The van der Waals surface area contributed by atoms with E-state index in [0.717, 1.165) is 23.5 Å². The van der Waals surface area contributed by atoms with E-state index in [1.165, 1.54) is 0 Å². The number of fused-ring (bicyclic) bond motifs is 1. The third kappa shape index (κ3) is 6.33. The van der Waals surface area contributed by atoms with Crippen LogP contribution in [-0.4, -0.2) is 48.6 Å². The summed E-state index contributed by atoms with van der Waals surface area (Å²) in [6.45, 7) is 4.69. The van der Waals surface area contributed by atoms with E-state index in [0.29, 0.717) is 35.9 Å². The highest BCUT2D eigenvalue weighted by atomic mass is 35.5. The predicted molar refractivity (Wildman–Crippen MR) is 129 cm³/mol. The lowest BCUT2D eigenvalue weighted by molar-refractivity contribution is -0.123. The van der Waals surface area contributed by atoms with Crippen LogP contribution in [0, 0.1) is 0 Å². The SMILES string of the molecule is CSCCC(NC(=O)c1ccccc1Cl)C(=O)NCCOc1cccc2c1OC(C)(C)C2. The van der Waals surface area contributed by atoms with Gasteiger partial charge in [0.05, 0.1) is 17.1 Å². The number of benzene rings is 2. The number of hydrogen-bond donors (Lipinski definition) is 2. The van der Waals surface area contributed by atoms with Gasteiger partial charge in [0.25, 0.3) is 5.91 Å². The molecule has 2 amide bonds. The zero-order valence-electron chi connectivity index (χ0n) is 18.6. The Balaban J connectivity index is 1.53. The number of para-hydroxylation sites is 1. The average Bonchev–Trinajstić information content (AvgIpc) is 3.08. The van der Waals surface area contributed by atoms with Crippen molar-refractivity contribution >= 4 is 35.2 Å². The van der Waals surface area contributed by atoms with Crippen LogP contribution in [-0.2, 0) is 11.2 Å². The van der Waals surface area contributed by atoms with Gasteiger partial charge >= 0.3 is 0 Å². The van der Waals surface area contributed by atoms with Gasteiger partial charge in [0.2, 0.25) is 5.91 Å². The molecule has 6 nitrogen and oxygen atoms in total. The average molecular weight is 477 g/mol. The fourth-order valence-corrected chi connectivity index (χ4v) is 4.24. The molecule has 8 heteroatoms. The third-order valence-electron chi connectivity index (χ3n) is 5.06. The van der Waals surface area contributed by atoms with Crippen molar-refractivity contribution in [1.82, 2.24) is 10.6 Å². The molecule has 1 unspecified atom stereocenters. The number of carbonyl (C=O) groups is 2. The van der Waals surface area contributed by atoms with Crippen LogP contribution in [0.3, 0.4) is 0 Å². The van der Waals surface area contributed by atoms with Crippen molar-refractivity contribution in [3.63, 3.8) is 0 Å². The van der Waals surface area contributed by atoms with Crippen molar-refractivity contribution in [3.8, 4) is 11.5 Å². The van der Waals surface area contributed by atoms with E-state index in [1.807, 2.05) is 38.3 Å². The largest absolute Gasteiger partial charge is 0.488 e. The van der Waals surface area contributed by atoms with Gasteiger partial charge in [-0.3, -0.25) is 9.59 Å². The van der Waals surface area contributed by atoms with Gasteiger partial charge in [0, 0.05) is 12.0 Å². The second-order valence-corrected chi connectivity index (χ2v) is 9.60. The minimum atomic E-state index is -0.656. The predicted octanol–water partition coefficient (Wildman–Crippen LogP) is 4.10. The fourth-order valence-electron chi connectivity index (χ4n) is 3.55. The quantitative estimate of drug-likeness (QED) is 0.505. The molecule has 0 fully saturated rings. The minimum Gasteiger partial charge on any atom is -0.488 e. The van der Waals surface area contributed by atoms with E-state index in [9.17, 15) is 9.59 Å². The lowest BCUT2D eigenvalue weighted by Gasteiger charge is -2.19. The Hall–Kier alpha value is -2.38. The maximum atomic E-state index is 12.7. The van der Waals surface area contributed by atoms with Crippen LogP contribution in [0.4, 0.5) is 0 Å². The number of halogens is 1. The second kappa shape index (κ2) is 11.0. The van der Waals surface area contributed by atoms with Crippen LogP contribution in [0.25, 0.3) is 0 Å². The van der Waals surface area contributed by atoms with Crippen LogP contribution in [0.1, 0.15) is 36.2 Å².